The van der Waals surface area contributed by atoms with Crippen molar-refractivity contribution in [3.05, 3.63) is 71.9 Å². The van der Waals surface area contributed by atoms with E-state index in [1.165, 1.54) is 5.69 Å². The highest BCUT2D eigenvalue weighted by Crippen LogP contribution is 2.20. The van der Waals surface area contributed by atoms with E-state index in [0.717, 1.165) is 30.0 Å². The standard InChI is InChI=1S/C22H25N5O/c1-4-27(5-2)19-12-10-17(11-13-19)23-21-15-14-20(25-26-21)22(28)24-18-8-6-16(3)7-9-18/h6-15H,4-5H2,1-3H3,(H,23,26)(H,24,28). The summed E-state index contributed by atoms with van der Waals surface area (Å²) in [6, 6.07) is 19.2. The number of anilines is 4. The summed E-state index contributed by atoms with van der Waals surface area (Å²) in [5.74, 6) is 0.300. The van der Waals surface area contributed by atoms with Gasteiger partial charge in [0.05, 0.1) is 0 Å². The van der Waals surface area contributed by atoms with Crippen molar-refractivity contribution in [2.24, 2.45) is 0 Å². The number of rotatable bonds is 7. The van der Waals surface area contributed by atoms with Crippen LogP contribution >= 0.6 is 0 Å². The predicted molar refractivity (Wildman–Crippen MR) is 114 cm³/mol. The Bertz CT molecular complexity index is 901. The molecule has 3 aromatic rings. The van der Waals surface area contributed by atoms with Gasteiger partial charge in [-0.2, -0.15) is 0 Å². The molecule has 1 amide bonds. The molecule has 0 fully saturated rings. The lowest BCUT2D eigenvalue weighted by molar-refractivity contribution is 0.102. The highest BCUT2D eigenvalue weighted by molar-refractivity contribution is 6.02. The van der Waals surface area contributed by atoms with Crippen LogP contribution in [0, 0.1) is 6.92 Å². The van der Waals surface area contributed by atoms with Crippen molar-refractivity contribution in [3.8, 4) is 0 Å². The molecule has 0 aliphatic rings. The van der Waals surface area contributed by atoms with E-state index in [1.54, 1.807) is 12.1 Å². The van der Waals surface area contributed by atoms with Gasteiger partial charge >= 0.3 is 0 Å². The Labute approximate surface area is 165 Å². The first-order valence-corrected chi connectivity index (χ1v) is 9.43. The van der Waals surface area contributed by atoms with E-state index in [1.807, 2.05) is 43.3 Å². The maximum atomic E-state index is 12.3. The van der Waals surface area contributed by atoms with Crippen molar-refractivity contribution >= 4 is 28.8 Å². The number of amides is 1. The maximum Gasteiger partial charge on any atom is 0.276 e. The van der Waals surface area contributed by atoms with Crippen LogP contribution in [-0.4, -0.2) is 29.2 Å². The van der Waals surface area contributed by atoms with Gasteiger partial charge < -0.3 is 15.5 Å². The first-order valence-electron chi connectivity index (χ1n) is 9.43. The summed E-state index contributed by atoms with van der Waals surface area (Å²) in [6.07, 6.45) is 0. The summed E-state index contributed by atoms with van der Waals surface area (Å²) in [6.45, 7) is 8.23. The van der Waals surface area contributed by atoms with E-state index in [9.17, 15) is 4.79 Å². The van der Waals surface area contributed by atoms with E-state index >= 15 is 0 Å². The minimum absolute atomic E-state index is 0.267. The summed E-state index contributed by atoms with van der Waals surface area (Å²) in [7, 11) is 0. The number of nitrogens with zero attached hydrogens (tertiary/aromatic N) is 3. The van der Waals surface area contributed by atoms with Crippen LogP contribution in [0.3, 0.4) is 0 Å². The van der Waals surface area contributed by atoms with Crippen molar-refractivity contribution in [1.29, 1.82) is 0 Å². The van der Waals surface area contributed by atoms with Crippen molar-refractivity contribution in [2.75, 3.05) is 28.6 Å². The molecule has 0 unspecified atom stereocenters. The molecule has 0 bridgehead atoms. The van der Waals surface area contributed by atoms with Gasteiger partial charge in [-0.1, -0.05) is 17.7 Å². The van der Waals surface area contributed by atoms with E-state index in [0.29, 0.717) is 5.82 Å². The lowest BCUT2D eigenvalue weighted by atomic mass is 10.2. The van der Waals surface area contributed by atoms with E-state index in [4.69, 9.17) is 0 Å². The molecule has 0 radical (unpaired) electrons. The van der Waals surface area contributed by atoms with Crippen molar-refractivity contribution in [2.45, 2.75) is 20.8 Å². The number of aryl methyl sites for hydroxylation is 1. The Balaban J connectivity index is 1.62. The average molecular weight is 375 g/mol. The van der Waals surface area contributed by atoms with Crippen LogP contribution in [0.2, 0.25) is 0 Å². The molecule has 1 heterocycles. The molecule has 0 aliphatic carbocycles. The first kappa shape index (κ1) is 19.4. The number of aromatic nitrogens is 2. The van der Waals surface area contributed by atoms with Crippen LogP contribution in [-0.2, 0) is 0 Å². The number of benzene rings is 2. The SMILES string of the molecule is CCN(CC)c1ccc(Nc2ccc(C(=O)Nc3ccc(C)cc3)nn2)cc1. The van der Waals surface area contributed by atoms with E-state index < -0.39 is 0 Å². The summed E-state index contributed by atoms with van der Waals surface area (Å²) in [5.41, 5.74) is 4.24. The Kier molecular flexibility index (Phi) is 6.22. The fraction of sp³-hybridized carbons (Fsp3) is 0.227. The second-order valence-corrected chi connectivity index (χ2v) is 6.47. The van der Waals surface area contributed by atoms with Gasteiger partial charge in [0.25, 0.3) is 5.91 Å². The third-order valence-corrected chi connectivity index (χ3v) is 4.47. The van der Waals surface area contributed by atoms with Gasteiger partial charge in [-0.3, -0.25) is 4.79 Å². The molecule has 0 aliphatic heterocycles. The van der Waals surface area contributed by atoms with Gasteiger partial charge in [0.1, 0.15) is 0 Å². The number of hydrogen-bond donors (Lipinski definition) is 2. The maximum absolute atomic E-state index is 12.3. The third kappa shape index (κ3) is 4.85. The van der Waals surface area contributed by atoms with Gasteiger partial charge in [-0.15, -0.1) is 10.2 Å². The number of hydrogen-bond acceptors (Lipinski definition) is 5. The van der Waals surface area contributed by atoms with Crippen molar-refractivity contribution < 1.29 is 4.79 Å². The Morgan fingerprint density at radius 2 is 1.50 bits per heavy atom. The zero-order chi connectivity index (χ0) is 19.9. The highest BCUT2D eigenvalue weighted by Gasteiger charge is 2.09. The van der Waals surface area contributed by atoms with Gasteiger partial charge in [0, 0.05) is 30.2 Å². The Morgan fingerprint density at radius 3 is 2.07 bits per heavy atom. The monoisotopic (exact) mass is 375 g/mol. The molecule has 2 N–H and O–H groups in total. The van der Waals surface area contributed by atoms with Gasteiger partial charge in [-0.25, -0.2) is 0 Å². The fourth-order valence-electron chi connectivity index (χ4n) is 2.84. The second-order valence-electron chi connectivity index (χ2n) is 6.47. The quantitative estimate of drug-likeness (QED) is 0.630. The summed E-state index contributed by atoms with van der Waals surface area (Å²) in [4.78, 5) is 14.6. The average Bonchev–Trinajstić information content (AvgIpc) is 2.72. The number of nitrogens with one attached hydrogen (secondary N) is 2. The van der Waals surface area contributed by atoms with E-state index in [2.05, 4.69) is 51.7 Å². The molecule has 0 spiro atoms. The summed E-state index contributed by atoms with van der Waals surface area (Å²) < 4.78 is 0. The summed E-state index contributed by atoms with van der Waals surface area (Å²) >= 11 is 0. The zero-order valence-corrected chi connectivity index (χ0v) is 16.4. The molecule has 0 saturated carbocycles. The van der Waals surface area contributed by atoms with Crippen LogP contribution in [0.25, 0.3) is 0 Å². The van der Waals surface area contributed by atoms with Gasteiger partial charge in [0.15, 0.2) is 11.5 Å². The van der Waals surface area contributed by atoms with Crippen LogP contribution in [0.15, 0.2) is 60.7 Å². The lowest BCUT2D eigenvalue weighted by Crippen LogP contribution is -2.21. The van der Waals surface area contributed by atoms with Gasteiger partial charge in [-0.05, 0) is 69.3 Å². The minimum Gasteiger partial charge on any atom is -0.372 e. The molecule has 3 rings (SSSR count). The second kappa shape index (κ2) is 8.99. The molecule has 6 nitrogen and oxygen atoms in total. The lowest BCUT2D eigenvalue weighted by Gasteiger charge is -2.21. The van der Waals surface area contributed by atoms with E-state index in [-0.39, 0.29) is 11.6 Å². The molecular weight excluding hydrogens is 350 g/mol. The van der Waals surface area contributed by atoms with Crippen LogP contribution in [0.4, 0.5) is 22.9 Å². The number of carbonyl (C=O) groups excluding carboxylic acids is 1. The first-order chi connectivity index (χ1) is 13.6. The normalized spacial score (nSPS) is 10.4. The zero-order valence-electron chi connectivity index (χ0n) is 16.4. The molecule has 6 heteroatoms. The molecule has 28 heavy (non-hydrogen) atoms. The smallest absolute Gasteiger partial charge is 0.276 e. The molecule has 0 saturated heterocycles. The molecular formula is C22H25N5O. The number of carbonyl (C=O) groups is 1. The van der Waals surface area contributed by atoms with Crippen LogP contribution in [0.5, 0.6) is 0 Å². The largest absolute Gasteiger partial charge is 0.372 e. The molecule has 2 aromatic carbocycles. The third-order valence-electron chi connectivity index (χ3n) is 4.47. The molecule has 0 atom stereocenters. The van der Waals surface area contributed by atoms with Crippen LogP contribution < -0.4 is 15.5 Å². The highest BCUT2D eigenvalue weighted by atomic mass is 16.1. The molecule has 144 valence electrons. The van der Waals surface area contributed by atoms with Crippen molar-refractivity contribution in [3.63, 3.8) is 0 Å². The topological polar surface area (TPSA) is 70.2 Å². The Morgan fingerprint density at radius 1 is 0.857 bits per heavy atom. The Hall–Kier alpha value is -3.41. The minimum atomic E-state index is -0.286. The van der Waals surface area contributed by atoms with Crippen molar-refractivity contribution in [1.82, 2.24) is 10.2 Å². The molecule has 1 aromatic heterocycles. The fourth-order valence-corrected chi connectivity index (χ4v) is 2.84. The van der Waals surface area contributed by atoms with Crippen LogP contribution in [0.1, 0.15) is 29.9 Å². The summed E-state index contributed by atoms with van der Waals surface area (Å²) in [5, 5.41) is 14.2. The predicted octanol–water partition coefficient (Wildman–Crippen LogP) is 4.63. The van der Waals surface area contributed by atoms with Gasteiger partial charge in [0.2, 0.25) is 0 Å².